The number of hydrogen-bond donors (Lipinski definition) is 1. The number of benzene rings is 2. The van der Waals surface area contributed by atoms with E-state index in [1.807, 2.05) is 20.8 Å². The Bertz CT molecular complexity index is 1040. The first-order valence-electron chi connectivity index (χ1n) is 9.67. The van der Waals surface area contributed by atoms with Gasteiger partial charge in [-0.3, -0.25) is 0 Å². The van der Waals surface area contributed by atoms with Crippen molar-refractivity contribution in [3.8, 4) is 0 Å². The summed E-state index contributed by atoms with van der Waals surface area (Å²) in [5.74, 6) is 1.26. The van der Waals surface area contributed by atoms with Gasteiger partial charge in [0.25, 0.3) is 0 Å². The van der Waals surface area contributed by atoms with Gasteiger partial charge in [0.2, 0.25) is 5.95 Å². The van der Waals surface area contributed by atoms with E-state index in [2.05, 4.69) is 41.4 Å². The standard InChI is InChI=1S/C23H25FN4.ClH/c1-14-13-19(24)9-10-21(14)26-22-15(2)16(3)25-23(27-22)28-12-11-18-7-5-6-8-20(18)17(28)4;/h5-10,13,17H,11-12H2,1-4H3,(H,25,26,27);1H/t17-;/m0./s1. The van der Waals surface area contributed by atoms with Crippen molar-refractivity contribution in [1.82, 2.24) is 9.97 Å². The fourth-order valence-electron chi connectivity index (χ4n) is 3.80. The molecule has 4 nitrogen and oxygen atoms in total. The van der Waals surface area contributed by atoms with Crippen LogP contribution in [-0.4, -0.2) is 16.5 Å². The molecule has 1 aromatic heterocycles. The van der Waals surface area contributed by atoms with Crippen LogP contribution < -0.4 is 10.2 Å². The SMILES string of the molecule is Cc1cc(F)ccc1Nc1nc(N2CCc3ccccc3[C@@H]2C)nc(C)c1C.Cl. The number of aromatic nitrogens is 2. The molecule has 3 aromatic rings. The Morgan fingerprint density at radius 2 is 1.83 bits per heavy atom. The molecule has 4 rings (SSSR count). The van der Waals surface area contributed by atoms with E-state index in [1.54, 1.807) is 6.07 Å². The number of halogens is 2. The first kappa shape index (κ1) is 21.1. The third-order valence-corrected chi connectivity index (χ3v) is 5.67. The number of aryl methyl sites for hydroxylation is 2. The maximum Gasteiger partial charge on any atom is 0.228 e. The van der Waals surface area contributed by atoms with Gasteiger partial charge in [-0.2, -0.15) is 4.98 Å². The van der Waals surface area contributed by atoms with Crippen LogP contribution in [0.3, 0.4) is 0 Å². The fraction of sp³-hybridized carbons (Fsp3) is 0.304. The average molecular weight is 413 g/mol. The lowest BCUT2D eigenvalue weighted by atomic mass is 9.94. The second-order valence-electron chi connectivity index (χ2n) is 7.49. The van der Waals surface area contributed by atoms with Gasteiger partial charge in [0.15, 0.2) is 0 Å². The van der Waals surface area contributed by atoms with Crippen LogP contribution >= 0.6 is 12.4 Å². The van der Waals surface area contributed by atoms with Crippen LogP contribution in [0, 0.1) is 26.6 Å². The zero-order valence-electron chi connectivity index (χ0n) is 17.2. The lowest BCUT2D eigenvalue weighted by molar-refractivity contribution is 0.607. The van der Waals surface area contributed by atoms with Crippen molar-refractivity contribution in [2.75, 3.05) is 16.8 Å². The van der Waals surface area contributed by atoms with Gasteiger partial charge < -0.3 is 10.2 Å². The third-order valence-electron chi connectivity index (χ3n) is 5.67. The van der Waals surface area contributed by atoms with Crippen LogP contribution in [0.1, 0.15) is 40.9 Å². The molecule has 1 aliphatic rings. The predicted molar refractivity (Wildman–Crippen MR) is 119 cm³/mol. The minimum absolute atomic E-state index is 0. The van der Waals surface area contributed by atoms with Crippen LogP contribution in [0.2, 0.25) is 0 Å². The summed E-state index contributed by atoms with van der Waals surface area (Å²) in [6.45, 7) is 8.99. The van der Waals surface area contributed by atoms with Gasteiger partial charge >= 0.3 is 0 Å². The van der Waals surface area contributed by atoms with E-state index in [4.69, 9.17) is 9.97 Å². The number of nitrogens with one attached hydrogen (secondary N) is 1. The van der Waals surface area contributed by atoms with Crippen LogP contribution in [-0.2, 0) is 6.42 Å². The van der Waals surface area contributed by atoms with E-state index in [1.165, 1.54) is 23.3 Å². The molecule has 0 radical (unpaired) electrons. The number of hydrogen-bond acceptors (Lipinski definition) is 4. The monoisotopic (exact) mass is 412 g/mol. The highest BCUT2D eigenvalue weighted by atomic mass is 35.5. The van der Waals surface area contributed by atoms with Gasteiger partial charge in [-0.15, -0.1) is 12.4 Å². The van der Waals surface area contributed by atoms with Crippen molar-refractivity contribution in [3.63, 3.8) is 0 Å². The number of rotatable bonds is 3. The molecular formula is C23H26ClFN4. The normalized spacial score (nSPS) is 15.5. The van der Waals surface area contributed by atoms with E-state index in [-0.39, 0.29) is 24.3 Å². The summed E-state index contributed by atoms with van der Waals surface area (Å²) in [6, 6.07) is 13.5. The maximum atomic E-state index is 13.4. The number of fused-ring (bicyclic) bond motifs is 1. The minimum atomic E-state index is -0.236. The lowest BCUT2D eigenvalue weighted by Gasteiger charge is -2.35. The van der Waals surface area contributed by atoms with Crippen molar-refractivity contribution < 1.29 is 4.39 Å². The van der Waals surface area contributed by atoms with Crippen molar-refractivity contribution in [2.24, 2.45) is 0 Å². The molecule has 0 saturated heterocycles. The lowest BCUT2D eigenvalue weighted by Crippen LogP contribution is -2.35. The highest BCUT2D eigenvalue weighted by Crippen LogP contribution is 2.33. The van der Waals surface area contributed by atoms with Gasteiger partial charge in [0.1, 0.15) is 11.6 Å². The second kappa shape index (κ2) is 8.37. The first-order chi connectivity index (χ1) is 13.4. The Labute approximate surface area is 177 Å². The minimum Gasteiger partial charge on any atom is -0.340 e. The molecular weight excluding hydrogens is 387 g/mol. The molecule has 0 bridgehead atoms. The van der Waals surface area contributed by atoms with Crippen LogP contribution in [0.25, 0.3) is 0 Å². The van der Waals surface area contributed by atoms with Gasteiger partial charge in [-0.1, -0.05) is 24.3 Å². The topological polar surface area (TPSA) is 41.1 Å². The molecule has 2 heterocycles. The van der Waals surface area contributed by atoms with Crippen molar-refractivity contribution >= 4 is 29.9 Å². The molecule has 0 saturated carbocycles. The average Bonchev–Trinajstić information content (AvgIpc) is 2.68. The van der Waals surface area contributed by atoms with E-state index < -0.39 is 0 Å². The summed E-state index contributed by atoms with van der Waals surface area (Å²) in [6.07, 6.45) is 0.983. The quantitative estimate of drug-likeness (QED) is 0.587. The molecule has 0 spiro atoms. The molecule has 1 aliphatic heterocycles. The summed E-state index contributed by atoms with van der Waals surface area (Å²) in [5, 5.41) is 3.38. The summed E-state index contributed by atoms with van der Waals surface area (Å²) in [7, 11) is 0. The van der Waals surface area contributed by atoms with Crippen molar-refractivity contribution in [2.45, 2.75) is 40.2 Å². The molecule has 2 aromatic carbocycles. The molecule has 152 valence electrons. The molecule has 1 atom stereocenters. The van der Waals surface area contributed by atoms with E-state index >= 15 is 0 Å². The number of nitrogens with zero attached hydrogens (tertiary/aromatic N) is 3. The van der Waals surface area contributed by atoms with Gasteiger partial charge in [-0.05, 0) is 69.0 Å². The van der Waals surface area contributed by atoms with Gasteiger partial charge in [0, 0.05) is 23.5 Å². The second-order valence-corrected chi connectivity index (χ2v) is 7.49. The summed E-state index contributed by atoms with van der Waals surface area (Å²) < 4.78 is 13.4. The third kappa shape index (κ3) is 4.06. The van der Waals surface area contributed by atoms with Gasteiger partial charge in [-0.25, -0.2) is 9.37 Å². The van der Waals surface area contributed by atoms with Crippen LogP contribution in [0.15, 0.2) is 42.5 Å². The first-order valence-corrected chi connectivity index (χ1v) is 9.67. The molecule has 0 aliphatic carbocycles. The van der Waals surface area contributed by atoms with Gasteiger partial charge in [0.05, 0.1) is 6.04 Å². The summed E-state index contributed by atoms with van der Waals surface area (Å²) in [5.41, 5.74) is 6.37. The van der Waals surface area contributed by atoms with Crippen LogP contribution in [0.5, 0.6) is 0 Å². The Balaban J connectivity index is 0.00000240. The molecule has 1 N–H and O–H groups in total. The number of anilines is 3. The Hall–Kier alpha value is -2.66. The fourth-order valence-corrected chi connectivity index (χ4v) is 3.80. The zero-order valence-corrected chi connectivity index (χ0v) is 18.0. The zero-order chi connectivity index (χ0) is 19.8. The van der Waals surface area contributed by atoms with E-state index in [9.17, 15) is 4.39 Å². The molecule has 29 heavy (non-hydrogen) atoms. The largest absolute Gasteiger partial charge is 0.340 e. The molecule has 6 heteroatoms. The highest BCUT2D eigenvalue weighted by Gasteiger charge is 2.26. The van der Waals surface area contributed by atoms with Crippen molar-refractivity contribution in [1.29, 1.82) is 0 Å². The highest BCUT2D eigenvalue weighted by molar-refractivity contribution is 5.85. The van der Waals surface area contributed by atoms with Crippen LogP contribution in [0.4, 0.5) is 21.8 Å². The van der Waals surface area contributed by atoms with E-state index in [0.717, 1.165) is 47.2 Å². The molecule has 0 fully saturated rings. The van der Waals surface area contributed by atoms with E-state index in [0.29, 0.717) is 0 Å². The molecule has 0 amide bonds. The molecule has 0 unspecified atom stereocenters. The smallest absolute Gasteiger partial charge is 0.228 e. The summed E-state index contributed by atoms with van der Waals surface area (Å²) >= 11 is 0. The Morgan fingerprint density at radius 3 is 2.59 bits per heavy atom. The summed E-state index contributed by atoms with van der Waals surface area (Å²) in [4.78, 5) is 11.9. The van der Waals surface area contributed by atoms with Crippen molar-refractivity contribution in [3.05, 3.63) is 76.2 Å². The Morgan fingerprint density at radius 1 is 1.07 bits per heavy atom. The Kier molecular flexibility index (Phi) is 6.08. The maximum absolute atomic E-state index is 13.4. The predicted octanol–water partition coefficient (Wildman–Crippen LogP) is 5.83.